The average molecular weight is 361 g/mol. The molecule has 0 spiro atoms. The van der Waals surface area contributed by atoms with Crippen molar-refractivity contribution in [3.63, 3.8) is 0 Å². The standard InChI is InChI=1S/C20H32BNO4/c1-7-8-9-12-22-18(23)14-15-13-16(10-11-17(15)24-6)21-25-19(2,3)20(4,5)26-21/h10-11,13H,7-9,12,14H2,1-6H3,(H,22,23). The summed E-state index contributed by atoms with van der Waals surface area (Å²) >= 11 is 0. The molecule has 1 saturated heterocycles. The van der Waals surface area contributed by atoms with Crippen LogP contribution in [0.15, 0.2) is 18.2 Å². The molecule has 5 nitrogen and oxygen atoms in total. The molecule has 26 heavy (non-hydrogen) atoms. The third kappa shape index (κ3) is 4.80. The second-order valence-electron chi connectivity index (χ2n) is 7.89. The van der Waals surface area contributed by atoms with E-state index in [1.165, 1.54) is 0 Å². The van der Waals surface area contributed by atoms with E-state index >= 15 is 0 Å². The van der Waals surface area contributed by atoms with E-state index in [0.29, 0.717) is 12.3 Å². The zero-order chi connectivity index (χ0) is 19.4. The Kier molecular flexibility index (Phi) is 6.75. The van der Waals surface area contributed by atoms with Gasteiger partial charge in [-0.05, 0) is 45.6 Å². The molecule has 0 atom stereocenters. The molecule has 1 heterocycles. The van der Waals surface area contributed by atoms with Gasteiger partial charge in [-0.25, -0.2) is 0 Å². The van der Waals surface area contributed by atoms with Gasteiger partial charge in [0.1, 0.15) is 5.75 Å². The fourth-order valence-corrected chi connectivity index (χ4v) is 2.90. The maximum Gasteiger partial charge on any atom is 0.494 e. The van der Waals surface area contributed by atoms with E-state index in [2.05, 4.69) is 12.2 Å². The first kappa shape index (κ1) is 20.8. The van der Waals surface area contributed by atoms with Crippen molar-refractivity contribution in [3.8, 4) is 5.75 Å². The van der Waals surface area contributed by atoms with Crippen LogP contribution in [-0.2, 0) is 20.5 Å². The molecule has 0 unspecified atom stereocenters. The first-order chi connectivity index (χ1) is 12.2. The van der Waals surface area contributed by atoms with Gasteiger partial charge in [0.05, 0.1) is 24.7 Å². The summed E-state index contributed by atoms with van der Waals surface area (Å²) in [5.41, 5.74) is 0.953. The molecule has 0 aromatic heterocycles. The minimum Gasteiger partial charge on any atom is -0.496 e. The smallest absolute Gasteiger partial charge is 0.494 e. The maximum absolute atomic E-state index is 12.3. The van der Waals surface area contributed by atoms with E-state index < -0.39 is 18.3 Å². The largest absolute Gasteiger partial charge is 0.496 e. The lowest BCUT2D eigenvalue weighted by Gasteiger charge is -2.32. The molecule has 0 saturated carbocycles. The van der Waals surface area contributed by atoms with Crippen molar-refractivity contribution in [2.24, 2.45) is 0 Å². The molecule has 0 bridgehead atoms. The van der Waals surface area contributed by atoms with E-state index in [1.807, 2.05) is 45.9 Å². The molecular weight excluding hydrogens is 329 g/mol. The monoisotopic (exact) mass is 361 g/mol. The van der Waals surface area contributed by atoms with Crippen molar-refractivity contribution >= 4 is 18.5 Å². The van der Waals surface area contributed by atoms with Gasteiger partial charge in [-0.2, -0.15) is 0 Å². The first-order valence-electron chi connectivity index (χ1n) is 9.49. The summed E-state index contributed by atoms with van der Waals surface area (Å²) < 4.78 is 17.7. The maximum atomic E-state index is 12.3. The Bertz CT molecular complexity index is 614. The molecular formula is C20H32BNO4. The lowest BCUT2D eigenvalue weighted by atomic mass is 9.78. The molecule has 1 aromatic carbocycles. The number of nitrogens with one attached hydrogen (secondary N) is 1. The fraction of sp³-hybridized carbons (Fsp3) is 0.650. The van der Waals surface area contributed by atoms with Crippen LogP contribution in [0.2, 0.25) is 0 Å². The highest BCUT2D eigenvalue weighted by atomic mass is 16.7. The number of unbranched alkanes of at least 4 members (excludes halogenated alkanes) is 2. The molecule has 1 aliphatic heterocycles. The number of rotatable bonds is 8. The Morgan fingerprint density at radius 1 is 1.15 bits per heavy atom. The lowest BCUT2D eigenvalue weighted by Crippen LogP contribution is -2.41. The molecule has 0 aliphatic carbocycles. The normalized spacial score (nSPS) is 18.0. The van der Waals surface area contributed by atoms with Crippen LogP contribution in [0.3, 0.4) is 0 Å². The SMILES string of the molecule is CCCCCNC(=O)Cc1cc(B2OC(C)(C)C(C)(C)O2)ccc1OC. The van der Waals surface area contributed by atoms with Gasteiger partial charge in [0, 0.05) is 12.1 Å². The number of ether oxygens (including phenoxy) is 1. The molecule has 2 rings (SSSR count). The summed E-state index contributed by atoms with van der Waals surface area (Å²) in [5, 5.41) is 2.98. The van der Waals surface area contributed by atoms with E-state index in [-0.39, 0.29) is 12.3 Å². The zero-order valence-electron chi connectivity index (χ0n) is 17.0. The van der Waals surface area contributed by atoms with E-state index in [4.69, 9.17) is 14.0 Å². The predicted octanol–water partition coefficient (Wildman–Crippen LogP) is 2.84. The number of carbonyl (C=O) groups is 1. The van der Waals surface area contributed by atoms with Gasteiger partial charge in [0.2, 0.25) is 5.91 Å². The van der Waals surface area contributed by atoms with Crippen LogP contribution < -0.4 is 15.5 Å². The van der Waals surface area contributed by atoms with Gasteiger partial charge < -0.3 is 19.4 Å². The quantitative estimate of drug-likeness (QED) is 0.572. The number of hydrogen-bond acceptors (Lipinski definition) is 4. The Labute approximate surface area is 157 Å². The van der Waals surface area contributed by atoms with Crippen LogP contribution in [0, 0.1) is 0 Å². The molecule has 1 aromatic rings. The number of amides is 1. The molecule has 6 heteroatoms. The summed E-state index contributed by atoms with van der Waals surface area (Å²) in [5.74, 6) is 0.708. The topological polar surface area (TPSA) is 56.8 Å². The van der Waals surface area contributed by atoms with Crippen LogP contribution in [0.1, 0.15) is 59.4 Å². The van der Waals surface area contributed by atoms with E-state index in [0.717, 1.165) is 30.3 Å². The van der Waals surface area contributed by atoms with Crippen molar-refractivity contribution in [2.45, 2.75) is 71.5 Å². The second kappa shape index (κ2) is 8.44. The van der Waals surface area contributed by atoms with E-state index in [1.54, 1.807) is 7.11 Å². The molecule has 1 N–H and O–H groups in total. The number of benzene rings is 1. The summed E-state index contributed by atoms with van der Waals surface area (Å²) in [6, 6.07) is 5.76. The van der Waals surface area contributed by atoms with Crippen molar-refractivity contribution in [3.05, 3.63) is 23.8 Å². The average Bonchev–Trinajstić information content (AvgIpc) is 2.79. The van der Waals surface area contributed by atoms with Crippen LogP contribution in [-0.4, -0.2) is 37.9 Å². The minimum atomic E-state index is -0.447. The summed E-state index contributed by atoms with van der Waals surface area (Å²) in [7, 11) is 1.17. The Morgan fingerprint density at radius 3 is 2.38 bits per heavy atom. The molecule has 1 aliphatic rings. The Hall–Kier alpha value is -1.53. The lowest BCUT2D eigenvalue weighted by molar-refractivity contribution is -0.120. The Morgan fingerprint density at radius 2 is 1.81 bits per heavy atom. The molecule has 1 amide bonds. The number of methoxy groups -OCH3 is 1. The second-order valence-corrected chi connectivity index (χ2v) is 7.89. The van der Waals surface area contributed by atoms with Crippen molar-refractivity contribution in [2.75, 3.05) is 13.7 Å². The molecule has 144 valence electrons. The van der Waals surface area contributed by atoms with Crippen LogP contribution in [0.5, 0.6) is 5.75 Å². The number of carbonyl (C=O) groups excluding carboxylic acids is 1. The highest BCUT2D eigenvalue weighted by Gasteiger charge is 2.51. The van der Waals surface area contributed by atoms with Crippen LogP contribution in [0.25, 0.3) is 0 Å². The van der Waals surface area contributed by atoms with Gasteiger partial charge >= 0.3 is 7.12 Å². The number of hydrogen-bond donors (Lipinski definition) is 1. The van der Waals surface area contributed by atoms with Gasteiger partial charge in [-0.15, -0.1) is 0 Å². The van der Waals surface area contributed by atoms with Crippen LogP contribution in [0.4, 0.5) is 0 Å². The minimum absolute atomic E-state index is 0.00507. The first-order valence-corrected chi connectivity index (χ1v) is 9.49. The van der Waals surface area contributed by atoms with Crippen molar-refractivity contribution < 1.29 is 18.8 Å². The predicted molar refractivity (Wildman–Crippen MR) is 105 cm³/mol. The molecule has 0 radical (unpaired) electrons. The summed E-state index contributed by atoms with van der Waals surface area (Å²) in [6.07, 6.45) is 3.55. The van der Waals surface area contributed by atoms with Gasteiger partial charge in [0.25, 0.3) is 0 Å². The third-order valence-electron chi connectivity index (χ3n) is 5.28. The summed E-state index contributed by atoms with van der Waals surface area (Å²) in [6.45, 7) is 11.0. The van der Waals surface area contributed by atoms with Gasteiger partial charge in [-0.3, -0.25) is 4.79 Å². The highest BCUT2D eigenvalue weighted by Crippen LogP contribution is 2.36. The van der Waals surface area contributed by atoms with Crippen LogP contribution >= 0.6 is 0 Å². The van der Waals surface area contributed by atoms with E-state index in [9.17, 15) is 4.79 Å². The highest BCUT2D eigenvalue weighted by molar-refractivity contribution is 6.62. The van der Waals surface area contributed by atoms with Crippen molar-refractivity contribution in [1.82, 2.24) is 5.32 Å². The zero-order valence-corrected chi connectivity index (χ0v) is 17.0. The fourth-order valence-electron chi connectivity index (χ4n) is 2.90. The Balaban J connectivity index is 2.10. The third-order valence-corrected chi connectivity index (χ3v) is 5.28. The molecule has 1 fully saturated rings. The summed E-state index contributed by atoms with van der Waals surface area (Å²) in [4.78, 5) is 12.3. The van der Waals surface area contributed by atoms with Gasteiger partial charge in [-0.1, -0.05) is 31.9 Å². The van der Waals surface area contributed by atoms with Gasteiger partial charge in [0.15, 0.2) is 0 Å². The van der Waals surface area contributed by atoms with Crippen molar-refractivity contribution in [1.29, 1.82) is 0 Å².